The monoisotopic (exact) mass is 426 g/mol. The van der Waals surface area contributed by atoms with Crippen LogP contribution in [0.4, 0.5) is 11.4 Å². The van der Waals surface area contributed by atoms with E-state index in [0.717, 1.165) is 0 Å². The van der Waals surface area contributed by atoms with Gasteiger partial charge in [-0.05, 0) is 48.5 Å². The van der Waals surface area contributed by atoms with Gasteiger partial charge in [-0.1, -0.05) is 24.3 Å². The van der Waals surface area contributed by atoms with E-state index in [1.807, 2.05) is 0 Å². The molecule has 0 unspecified atom stereocenters. The fourth-order valence-corrected chi connectivity index (χ4v) is 3.77. The SMILES string of the molecule is COc1ccccc1NC(=O)c1ccccc1NS(=O)(=O)c1ccc(C(=O)O)cc1. The summed E-state index contributed by atoms with van der Waals surface area (Å²) in [6.07, 6.45) is 0. The number of benzene rings is 3. The van der Waals surface area contributed by atoms with E-state index in [-0.39, 0.29) is 21.7 Å². The summed E-state index contributed by atoms with van der Waals surface area (Å²) in [6, 6.07) is 17.7. The normalized spacial score (nSPS) is 10.8. The number of aromatic carboxylic acids is 1. The number of sulfonamides is 1. The first-order chi connectivity index (χ1) is 14.3. The van der Waals surface area contributed by atoms with Crippen LogP contribution in [0, 0.1) is 0 Å². The van der Waals surface area contributed by atoms with Crippen molar-refractivity contribution in [1.29, 1.82) is 0 Å². The van der Waals surface area contributed by atoms with Crippen LogP contribution in [-0.4, -0.2) is 32.5 Å². The minimum Gasteiger partial charge on any atom is -0.495 e. The van der Waals surface area contributed by atoms with Crippen LogP contribution in [0.15, 0.2) is 77.7 Å². The van der Waals surface area contributed by atoms with Gasteiger partial charge in [0.05, 0.1) is 34.5 Å². The topological polar surface area (TPSA) is 122 Å². The Kier molecular flexibility index (Phi) is 6.03. The summed E-state index contributed by atoms with van der Waals surface area (Å²) >= 11 is 0. The Morgan fingerprint density at radius 2 is 1.47 bits per heavy atom. The molecule has 0 atom stereocenters. The van der Waals surface area contributed by atoms with E-state index in [1.54, 1.807) is 36.4 Å². The highest BCUT2D eigenvalue weighted by Crippen LogP contribution is 2.26. The number of hydrogen-bond acceptors (Lipinski definition) is 5. The number of ether oxygens (including phenoxy) is 1. The zero-order valence-electron chi connectivity index (χ0n) is 15.8. The summed E-state index contributed by atoms with van der Waals surface area (Å²) in [5.41, 5.74) is 0.582. The largest absolute Gasteiger partial charge is 0.495 e. The van der Waals surface area contributed by atoms with Crippen LogP contribution in [0.2, 0.25) is 0 Å². The van der Waals surface area contributed by atoms with Crippen molar-refractivity contribution in [3.63, 3.8) is 0 Å². The molecule has 3 rings (SSSR count). The van der Waals surface area contributed by atoms with Crippen LogP contribution in [0.25, 0.3) is 0 Å². The van der Waals surface area contributed by atoms with E-state index in [1.165, 1.54) is 43.5 Å². The number of carboxylic acid groups (broad SMARTS) is 1. The predicted molar refractivity (Wildman–Crippen MR) is 112 cm³/mol. The highest BCUT2D eigenvalue weighted by molar-refractivity contribution is 7.92. The van der Waals surface area contributed by atoms with Gasteiger partial charge in [-0.25, -0.2) is 13.2 Å². The van der Waals surface area contributed by atoms with Gasteiger partial charge in [0.15, 0.2) is 0 Å². The molecule has 0 aromatic heterocycles. The number of nitrogens with one attached hydrogen (secondary N) is 2. The molecule has 0 aliphatic rings. The summed E-state index contributed by atoms with van der Waals surface area (Å²) in [6.45, 7) is 0. The fraction of sp³-hybridized carbons (Fsp3) is 0.0476. The summed E-state index contributed by atoms with van der Waals surface area (Å²) < 4.78 is 33.0. The third kappa shape index (κ3) is 4.58. The van der Waals surface area contributed by atoms with E-state index < -0.39 is 21.9 Å². The molecule has 30 heavy (non-hydrogen) atoms. The Morgan fingerprint density at radius 1 is 0.867 bits per heavy atom. The average Bonchev–Trinajstić information content (AvgIpc) is 2.74. The Labute approximate surface area is 173 Å². The quantitative estimate of drug-likeness (QED) is 0.532. The molecule has 3 aromatic carbocycles. The predicted octanol–water partition coefficient (Wildman–Crippen LogP) is 3.45. The number of carboxylic acids is 1. The molecule has 0 saturated heterocycles. The maximum absolute atomic E-state index is 12.8. The molecular weight excluding hydrogens is 408 g/mol. The zero-order valence-corrected chi connectivity index (χ0v) is 16.6. The third-order valence-electron chi connectivity index (χ3n) is 4.18. The molecule has 0 bridgehead atoms. The van der Waals surface area contributed by atoms with Gasteiger partial charge < -0.3 is 15.2 Å². The van der Waals surface area contributed by atoms with Gasteiger partial charge in [-0.3, -0.25) is 9.52 Å². The lowest BCUT2D eigenvalue weighted by atomic mass is 10.1. The van der Waals surface area contributed by atoms with Crippen molar-refractivity contribution < 1.29 is 27.9 Å². The lowest BCUT2D eigenvalue weighted by Gasteiger charge is -2.14. The average molecular weight is 426 g/mol. The van der Waals surface area contributed by atoms with Crippen molar-refractivity contribution in [1.82, 2.24) is 0 Å². The molecule has 0 aliphatic heterocycles. The van der Waals surface area contributed by atoms with Gasteiger partial charge in [-0.2, -0.15) is 0 Å². The number of methoxy groups -OCH3 is 1. The zero-order chi connectivity index (χ0) is 21.7. The van der Waals surface area contributed by atoms with Gasteiger partial charge in [-0.15, -0.1) is 0 Å². The molecule has 0 spiro atoms. The number of carbonyl (C=O) groups excluding carboxylic acids is 1. The third-order valence-corrected chi connectivity index (χ3v) is 5.56. The second kappa shape index (κ2) is 8.66. The fourth-order valence-electron chi connectivity index (χ4n) is 2.69. The molecule has 1 amide bonds. The van der Waals surface area contributed by atoms with Crippen molar-refractivity contribution in [3.8, 4) is 5.75 Å². The van der Waals surface area contributed by atoms with E-state index in [4.69, 9.17) is 9.84 Å². The molecule has 0 heterocycles. The maximum Gasteiger partial charge on any atom is 0.335 e. The first-order valence-corrected chi connectivity index (χ1v) is 10.2. The van der Waals surface area contributed by atoms with Crippen molar-refractivity contribution in [3.05, 3.63) is 83.9 Å². The minimum atomic E-state index is -4.05. The number of anilines is 2. The van der Waals surface area contributed by atoms with Gasteiger partial charge in [0.2, 0.25) is 0 Å². The van der Waals surface area contributed by atoms with Gasteiger partial charge >= 0.3 is 5.97 Å². The van der Waals surface area contributed by atoms with E-state index in [0.29, 0.717) is 11.4 Å². The summed E-state index contributed by atoms with van der Waals surface area (Å²) in [5, 5.41) is 11.7. The van der Waals surface area contributed by atoms with Crippen molar-refractivity contribution >= 4 is 33.3 Å². The molecule has 0 radical (unpaired) electrons. The molecule has 0 fully saturated rings. The van der Waals surface area contributed by atoms with Gasteiger partial charge in [0, 0.05) is 0 Å². The maximum atomic E-state index is 12.8. The summed E-state index contributed by atoms with van der Waals surface area (Å²) in [7, 11) is -2.57. The van der Waals surface area contributed by atoms with Crippen molar-refractivity contribution in [2.45, 2.75) is 4.90 Å². The first kappa shape index (κ1) is 20.9. The lowest BCUT2D eigenvalue weighted by molar-refractivity contribution is 0.0696. The van der Waals surface area contributed by atoms with Crippen LogP contribution < -0.4 is 14.8 Å². The number of amides is 1. The number of para-hydroxylation sites is 3. The van der Waals surface area contributed by atoms with Gasteiger partial charge in [0.1, 0.15) is 5.75 Å². The number of carbonyl (C=O) groups is 2. The Balaban J connectivity index is 1.87. The molecule has 8 nitrogen and oxygen atoms in total. The Morgan fingerprint density at radius 3 is 2.10 bits per heavy atom. The molecule has 3 N–H and O–H groups in total. The molecule has 0 saturated carbocycles. The molecule has 154 valence electrons. The molecule has 0 aliphatic carbocycles. The van der Waals surface area contributed by atoms with Crippen LogP contribution >= 0.6 is 0 Å². The lowest BCUT2D eigenvalue weighted by Crippen LogP contribution is -2.19. The Hall–Kier alpha value is -3.85. The van der Waals surface area contributed by atoms with Crippen LogP contribution in [-0.2, 0) is 10.0 Å². The molecule has 3 aromatic rings. The second-order valence-electron chi connectivity index (χ2n) is 6.14. The molecular formula is C21H18N2O6S. The highest BCUT2D eigenvalue weighted by atomic mass is 32.2. The highest BCUT2D eigenvalue weighted by Gasteiger charge is 2.19. The first-order valence-electron chi connectivity index (χ1n) is 8.71. The number of hydrogen-bond donors (Lipinski definition) is 3. The van der Waals surface area contributed by atoms with Crippen LogP contribution in [0.1, 0.15) is 20.7 Å². The van der Waals surface area contributed by atoms with E-state index in [2.05, 4.69) is 10.0 Å². The van der Waals surface area contributed by atoms with E-state index in [9.17, 15) is 18.0 Å². The van der Waals surface area contributed by atoms with Gasteiger partial charge in [0.25, 0.3) is 15.9 Å². The summed E-state index contributed by atoms with van der Waals surface area (Å²) in [4.78, 5) is 23.6. The van der Waals surface area contributed by atoms with Crippen molar-refractivity contribution in [2.75, 3.05) is 17.1 Å². The van der Waals surface area contributed by atoms with Crippen LogP contribution in [0.5, 0.6) is 5.75 Å². The van der Waals surface area contributed by atoms with Crippen molar-refractivity contribution in [2.24, 2.45) is 0 Å². The minimum absolute atomic E-state index is 0.0365. The van der Waals surface area contributed by atoms with Crippen LogP contribution in [0.3, 0.4) is 0 Å². The second-order valence-corrected chi connectivity index (χ2v) is 7.82. The smallest absolute Gasteiger partial charge is 0.335 e. The number of rotatable bonds is 7. The Bertz CT molecular complexity index is 1190. The molecule has 9 heteroatoms. The summed E-state index contributed by atoms with van der Waals surface area (Å²) in [5.74, 6) is -1.23. The standard InChI is InChI=1S/C21H18N2O6S/c1-29-19-9-5-4-8-18(19)22-20(24)16-6-2-3-7-17(16)23-30(27,28)15-12-10-14(11-13-15)21(25)26/h2-13,23H,1H3,(H,22,24)(H,25,26). The van der Waals surface area contributed by atoms with E-state index >= 15 is 0 Å².